The Hall–Kier alpha value is -0.0800. The summed E-state index contributed by atoms with van der Waals surface area (Å²) < 4.78 is 0. The van der Waals surface area contributed by atoms with Gasteiger partial charge in [-0.2, -0.15) is 0 Å². The molecule has 1 N–H and O–H groups in total. The van der Waals surface area contributed by atoms with Gasteiger partial charge in [-0.25, -0.2) is 0 Å². The number of piperazine rings is 1. The molecule has 1 saturated heterocycles. The zero-order valence-electron chi connectivity index (χ0n) is 11.8. The molecule has 17 heavy (non-hydrogen) atoms. The summed E-state index contributed by atoms with van der Waals surface area (Å²) in [6.45, 7) is 9.72. The lowest BCUT2D eigenvalue weighted by Gasteiger charge is -2.43. The average molecular weight is 238 g/mol. The molecule has 0 atom stereocenters. The Kier molecular flexibility index (Phi) is 4.87. The normalized spacial score (nSPS) is 26.5. The van der Waals surface area contributed by atoms with E-state index >= 15 is 0 Å². The van der Waals surface area contributed by atoms with Gasteiger partial charge in [-0.15, -0.1) is 0 Å². The quantitative estimate of drug-likeness (QED) is 0.792. The number of nitrogens with one attached hydrogen (secondary N) is 1. The maximum Gasteiger partial charge on any atom is 0.0304 e. The van der Waals surface area contributed by atoms with Gasteiger partial charge in [0.2, 0.25) is 0 Å². The number of rotatable bonds is 5. The van der Waals surface area contributed by atoms with Crippen LogP contribution < -0.4 is 5.32 Å². The third kappa shape index (κ3) is 3.45. The van der Waals surface area contributed by atoms with Crippen LogP contribution in [0.5, 0.6) is 0 Å². The van der Waals surface area contributed by atoms with Crippen LogP contribution >= 0.6 is 0 Å². The molecule has 2 nitrogen and oxygen atoms in total. The standard InChI is InChI=1S/C15H30N2/c1-3-15(4-2)13-17(12-10-16-15)11-9-14-7-5-6-8-14/h14,16H,3-13H2,1-2H3. The van der Waals surface area contributed by atoms with Gasteiger partial charge >= 0.3 is 0 Å². The molecule has 1 aliphatic carbocycles. The van der Waals surface area contributed by atoms with Crippen molar-refractivity contribution in [3.8, 4) is 0 Å². The van der Waals surface area contributed by atoms with Gasteiger partial charge in [0.05, 0.1) is 0 Å². The highest BCUT2D eigenvalue weighted by Gasteiger charge is 2.31. The van der Waals surface area contributed by atoms with Crippen LogP contribution in [0.3, 0.4) is 0 Å². The summed E-state index contributed by atoms with van der Waals surface area (Å²) in [7, 11) is 0. The second-order valence-corrected chi connectivity index (χ2v) is 6.13. The van der Waals surface area contributed by atoms with Crippen molar-refractivity contribution in [3.63, 3.8) is 0 Å². The summed E-state index contributed by atoms with van der Waals surface area (Å²) in [4.78, 5) is 2.71. The summed E-state index contributed by atoms with van der Waals surface area (Å²) in [5, 5.41) is 3.75. The molecule has 0 aromatic heterocycles. The minimum Gasteiger partial charge on any atom is -0.309 e. The van der Waals surface area contributed by atoms with Crippen molar-refractivity contribution in [3.05, 3.63) is 0 Å². The van der Waals surface area contributed by atoms with Gasteiger partial charge in [0.15, 0.2) is 0 Å². The van der Waals surface area contributed by atoms with Crippen LogP contribution in [-0.4, -0.2) is 36.6 Å². The van der Waals surface area contributed by atoms with Crippen molar-refractivity contribution in [1.82, 2.24) is 10.2 Å². The molecule has 0 aromatic rings. The number of hydrogen-bond donors (Lipinski definition) is 1. The van der Waals surface area contributed by atoms with Gasteiger partial charge in [0.1, 0.15) is 0 Å². The first-order chi connectivity index (χ1) is 8.28. The predicted molar refractivity (Wildman–Crippen MR) is 74.3 cm³/mol. The maximum absolute atomic E-state index is 3.75. The van der Waals surface area contributed by atoms with E-state index in [-0.39, 0.29) is 0 Å². The van der Waals surface area contributed by atoms with E-state index in [0.29, 0.717) is 5.54 Å². The summed E-state index contributed by atoms with van der Waals surface area (Å²) in [6.07, 6.45) is 9.95. The smallest absolute Gasteiger partial charge is 0.0304 e. The van der Waals surface area contributed by atoms with Crippen molar-refractivity contribution < 1.29 is 0 Å². The number of nitrogens with zero attached hydrogens (tertiary/aromatic N) is 1. The zero-order valence-corrected chi connectivity index (χ0v) is 11.8. The van der Waals surface area contributed by atoms with Crippen LogP contribution in [0.4, 0.5) is 0 Å². The first-order valence-electron chi connectivity index (χ1n) is 7.75. The Labute approximate surface area is 107 Å². The molecule has 2 heteroatoms. The molecular weight excluding hydrogens is 208 g/mol. The highest BCUT2D eigenvalue weighted by molar-refractivity contribution is 4.92. The third-order valence-corrected chi connectivity index (χ3v) is 5.14. The van der Waals surface area contributed by atoms with E-state index in [9.17, 15) is 0 Å². The molecule has 0 unspecified atom stereocenters. The lowest BCUT2D eigenvalue weighted by Crippen LogP contribution is -2.59. The fourth-order valence-electron chi connectivity index (χ4n) is 3.62. The van der Waals surface area contributed by atoms with Crippen molar-refractivity contribution in [2.24, 2.45) is 5.92 Å². The lowest BCUT2D eigenvalue weighted by molar-refractivity contribution is 0.118. The highest BCUT2D eigenvalue weighted by atomic mass is 15.2. The molecule has 0 amide bonds. The van der Waals surface area contributed by atoms with Crippen LogP contribution in [0.25, 0.3) is 0 Å². The van der Waals surface area contributed by atoms with Gasteiger partial charge < -0.3 is 10.2 Å². The Morgan fingerprint density at radius 2 is 1.88 bits per heavy atom. The summed E-state index contributed by atoms with van der Waals surface area (Å²) >= 11 is 0. The Morgan fingerprint density at radius 1 is 1.18 bits per heavy atom. The molecular formula is C15H30N2. The average Bonchev–Trinajstić information content (AvgIpc) is 2.90. The molecule has 1 aliphatic heterocycles. The Balaban J connectivity index is 1.76. The first kappa shape index (κ1) is 13.4. The first-order valence-corrected chi connectivity index (χ1v) is 7.75. The van der Waals surface area contributed by atoms with E-state index < -0.39 is 0 Å². The molecule has 0 aromatic carbocycles. The summed E-state index contributed by atoms with van der Waals surface area (Å²) in [5.74, 6) is 1.04. The van der Waals surface area contributed by atoms with E-state index in [1.165, 1.54) is 71.1 Å². The summed E-state index contributed by atoms with van der Waals surface area (Å²) in [5.41, 5.74) is 0.411. The zero-order chi connectivity index (χ0) is 12.1. The molecule has 0 radical (unpaired) electrons. The second-order valence-electron chi connectivity index (χ2n) is 6.13. The Bertz CT molecular complexity index is 217. The molecule has 2 aliphatic rings. The molecule has 2 fully saturated rings. The molecule has 100 valence electrons. The molecule has 1 heterocycles. The van der Waals surface area contributed by atoms with Gasteiger partial charge in [0.25, 0.3) is 0 Å². The van der Waals surface area contributed by atoms with E-state index in [2.05, 4.69) is 24.1 Å². The van der Waals surface area contributed by atoms with Crippen LogP contribution in [0.1, 0.15) is 58.8 Å². The van der Waals surface area contributed by atoms with E-state index in [1.807, 2.05) is 0 Å². The van der Waals surface area contributed by atoms with Crippen molar-refractivity contribution >= 4 is 0 Å². The third-order valence-electron chi connectivity index (χ3n) is 5.14. The van der Waals surface area contributed by atoms with E-state index in [0.717, 1.165) is 5.92 Å². The number of hydrogen-bond acceptors (Lipinski definition) is 2. The van der Waals surface area contributed by atoms with E-state index in [4.69, 9.17) is 0 Å². The topological polar surface area (TPSA) is 15.3 Å². The minimum absolute atomic E-state index is 0.411. The predicted octanol–water partition coefficient (Wildman–Crippen LogP) is 3.03. The Morgan fingerprint density at radius 3 is 2.53 bits per heavy atom. The molecule has 0 spiro atoms. The highest BCUT2D eigenvalue weighted by Crippen LogP contribution is 2.28. The monoisotopic (exact) mass is 238 g/mol. The van der Waals surface area contributed by atoms with Gasteiger partial charge in [-0.1, -0.05) is 39.5 Å². The van der Waals surface area contributed by atoms with Crippen molar-refractivity contribution in [2.45, 2.75) is 64.3 Å². The molecule has 0 bridgehead atoms. The van der Waals surface area contributed by atoms with Crippen molar-refractivity contribution in [1.29, 1.82) is 0 Å². The summed E-state index contributed by atoms with van der Waals surface area (Å²) in [6, 6.07) is 0. The van der Waals surface area contributed by atoms with E-state index in [1.54, 1.807) is 0 Å². The molecule has 2 rings (SSSR count). The van der Waals surface area contributed by atoms with Gasteiger partial charge in [0, 0.05) is 25.2 Å². The van der Waals surface area contributed by atoms with Gasteiger partial charge in [-0.05, 0) is 31.7 Å². The maximum atomic E-state index is 3.75. The largest absolute Gasteiger partial charge is 0.309 e. The second kappa shape index (κ2) is 6.19. The van der Waals surface area contributed by atoms with Crippen LogP contribution in [-0.2, 0) is 0 Å². The minimum atomic E-state index is 0.411. The fraction of sp³-hybridized carbons (Fsp3) is 1.00. The van der Waals surface area contributed by atoms with Crippen LogP contribution in [0, 0.1) is 5.92 Å². The van der Waals surface area contributed by atoms with Crippen LogP contribution in [0.2, 0.25) is 0 Å². The fourth-order valence-corrected chi connectivity index (χ4v) is 3.62. The van der Waals surface area contributed by atoms with Gasteiger partial charge in [-0.3, -0.25) is 0 Å². The molecule has 1 saturated carbocycles. The van der Waals surface area contributed by atoms with Crippen LogP contribution in [0.15, 0.2) is 0 Å². The lowest BCUT2D eigenvalue weighted by atomic mass is 9.90. The van der Waals surface area contributed by atoms with Crippen molar-refractivity contribution in [2.75, 3.05) is 26.2 Å². The SMILES string of the molecule is CCC1(CC)CN(CCC2CCCC2)CCN1.